The predicted octanol–water partition coefficient (Wildman–Crippen LogP) is 4.61. The highest BCUT2D eigenvalue weighted by Gasteiger charge is 2.14. The molecule has 5 nitrogen and oxygen atoms in total. The number of carbonyl (C=O) groups is 1. The lowest BCUT2D eigenvalue weighted by Crippen LogP contribution is -2.14. The van der Waals surface area contributed by atoms with Crippen molar-refractivity contribution in [1.82, 2.24) is 9.38 Å². The van der Waals surface area contributed by atoms with Gasteiger partial charge in [-0.3, -0.25) is 4.79 Å². The lowest BCUT2D eigenvalue weighted by molar-refractivity contribution is 0.102. The minimum atomic E-state index is -0.491. The van der Waals surface area contributed by atoms with Crippen LogP contribution in [-0.4, -0.2) is 15.3 Å². The number of rotatable bonds is 5. The SMILES string of the molecule is Cc1cccn2cc(COc3ccccc3C(=O)Nc3ccccc3F)nc12. The van der Waals surface area contributed by atoms with Crippen LogP contribution >= 0.6 is 0 Å². The smallest absolute Gasteiger partial charge is 0.259 e. The predicted molar refractivity (Wildman–Crippen MR) is 105 cm³/mol. The number of hydrogen-bond acceptors (Lipinski definition) is 3. The Bertz CT molecular complexity index is 1150. The third kappa shape index (κ3) is 3.57. The quantitative estimate of drug-likeness (QED) is 0.554. The first kappa shape index (κ1) is 17.7. The van der Waals surface area contributed by atoms with Gasteiger partial charge in [0.15, 0.2) is 0 Å². The second-order valence-corrected chi connectivity index (χ2v) is 6.37. The number of para-hydroxylation sites is 2. The van der Waals surface area contributed by atoms with Crippen LogP contribution in [0.1, 0.15) is 21.6 Å². The lowest BCUT2D eigenvalue weighted by atomic mass is 10.2. The van der Waals surface area contributed by atoms with Gasteiger partial charge >= 0.3 is 0 Å². The molecule has 0 bridgehead atoms. The molecule has 0 aliphatic rings. The fraction of sp³-hybridized carbons (Fsp3) is 0.0909. The molecule has 1 N–H and O–H groups in total. The van der Waals surface area contributed by atoms with Crippen LogP contribution in [0.15, 0.2) is 73.1 Å². The Morgan fingerprint density at radius 3 is 2.71 bits per heavy atom. The Labute approximate surface area is 161 Å². The molecule has 0 unspecified atom stereocenters. The molecule has 0 radical (unpaired) electrons. The largest absolute Gasteiger partial charge is 0.486 e. The van der Waals surface area contributed by atoms with E-state index in [2.05, 4.69) is 10.3 Å². The molecule has 28 heavy (non-hydrogen) atoms. The molecule has 2 heterocycles. The summed E-state index contributed by atoms with van der Waals surface area (Å²) in [5.41, 5.74) is 3.13. The molecule has 2 aromatic heterocycles. The Balaban J connectivity index is 1.53. The number of benzene rings is 2. The zero-order chi connectivity index (χ0) is 19.5. The van der Waals surface area contributed by atoms with Crippen molar-refractivity contribution in [3.8, 4) is 5.75 Å². The van der Waals surface area contributed by atoms with Gasteiger partial charge in [-0.05, 0) is 42.8 Å². The minimum Gasteiger partial charge on any atom is -0.486 e. The lowest BCUT2D eigenvalue weighted by Gasteiger charge is -2.11. The van der Waals surface area contributed by atoms with E-state index in [-0.39, 0.29) is 12.3 Å². The molecule has 6 heteroatoms. The van der Waals surface area contributed by atoms with E-state index < -0.39 is 11.7 Å². The number of pyridine rings is 1. The van der Waals surface area contributed by atoms with E-state index in [1.807, 2.05) is 35.9 Å². The average Bonchev–Trinajstić information content (AvgIpc) is 3.13. The van der Waals surface area contributed by atoms with Gasteiger partial charge in [0.1, 0.15) is 23.8 Å². The van der Waals surface area contributed by atoms with Crippen molar-refractivity contribution in [3.05, 3.63) is 95.7 Å². The third-order valence-corrected chi connectivity index (χ3v) is 4.36. The van der Waals surface area contributed by atoms with Crippen LogP contribution in [0, 0.1) is 12.7 Å². The molecular formula is C22H18FN3O2. The molecule has 4 aromatic rings. The van der Waals surface area contributed by atoms with Crippen molar-refractivity contribution in [2.24, 2.45) is 0 Å². The van der Waals surface area contributed by atoms with Crippen molar-refractivity contribution >= 4 is 17.2 Å². The van der Waals surface area contributed by atoms with E-state index in [1.54, 1.807) is 36.4 Å². The van der Waals surface area contributed by atoms with Gasteiger partial charge in [-0.1, -0.05) is 30.3 Å². The molecular weight excluding hydrogens is 357 g/mol. The summed E-state index contributed by atoms with van der Waals surface area (Å²) >= 11 is 0. The molecule has 4 rings (SSSR count). The normalized spacial score (nSPS) is 10.8. The van der Waals surface area contributed by atoms with E-state index in [0.29, 0.717) is 11.3 Å². The first-order valence-electron chi connectivity index (χ1n) is 8.83. The van der Waals surface area contributed by atoms with E-state index >= 15 is 0 Å². The van der Waals surface area contributed by atoms with Gasteiger partial charge in [0.25, 0.3) is 5.91 Å². The van der Waals surface area contributed by atoms with E-state index in [9.17, 15) is 9.18 Å². The number of aryl methyl sites for hydroxylation is 1. The molecule has 140 valence electrons. The van der Waals surface area contributed by atoms with E-state index in [4.69, 9.17) is 4.74 Å². The summed E-state index contributed by atoms with van der Waals surface area (Å²) < 4.78 is 21.6. The summed E-state index contributed by atoms with van der Waals surface area (Å²) in [5.74, 6) is -0.522. The van der Waals surface area contributed by atoms with Crippen LogP contribution < -0.4 is 10.1 Å². The zero-order valence-electron chi connectivity index (χ0n) is 15.2. The van der Waals surface area contributed by atoms with Crippen LogP contribution in [0.3, 0.4) is 0 Å². The van der Waals surface area contributed by atoms with Crippen LogP contribution in [0.4, 0.5) is 10.1 Å². The molecule has 2 aromatic carbocycles. The number of amides is 1. The first-order chi connectivity index (χ1) is 13.6. The summed E-state index contributed by atoms with van der Waals surface area (Å²) in [6, 6.07) is 16.8. The molecule has 0 saturated heterocycles. The number of imidazole rings is 1. The molecule has 0 fully saturated rings. The Morgan fingerprint density at radius 1 is 1.11 bits per heavy atom. The van der Waals surface area contributed by atoms with Crippen LogP contribution in [-0.2, 0) is 6.61 Å². The monoisotopic (exact) mass is 375 g/mol. The summed E-state index contributed by atoms with van der Waals surface area (Å²) in [4.78, 5) is 17.2. The van der Waals surface area contributed by atoms with Crippen molar-refractivity contribution in [1.29, 1.82) is 0 Å². The highest BCUT2D eigenvalue weighted by molar-refractivity contribution is 6.06. The fourth-order valence-electron chi connectivity index (χ4n) is 2.96. The van der Waals surface area contributed by atoms with Crippen LogP contribution in [0.25, 0.3) is 5.65 Å². The van der Waals surface area contributed by atoms with Crippen molar-refractivity contribution in [2.45, 2.75) is 13.5 Å². The molecule has 1 amide bonds. The summed E-state index contributed by atoms with van der Waals surface area (Å²) in [6.07, 6.45) is 3.82. The maximum Gasteiger partial charge on any atom is 0.259 e. The van der Waals surface area contributed by atoms with Gasteiger partial charge in [0, 0.05) is 12.4 Å². The standard InChI is InChI=1S/C22H18FN3O2/c1-15-7-6-12-26-13-16(24-21(15)26)14-28-20-11-5-2-8-17(20)22(27)25-19-10-4-3-9-18(19)23/h2-13H,14H2,1H3,(H,25,27). The topological polar surface area (TPSA) is 55.6 Å². The first-order valence-corrected chi connectivity index (χ1v) is 8.83. The van der Waals surface area contributed by atoms with Gasteiger partial charge in [-0.2, -0.15) is 0 Å². The third-order valence-electron chi connectivity index (χ3n) is 4.36. The number of nitrogens with one attached hydrogen (secondary N) is 1. The molecule has 0 saturated carbocycles. The molecule has 0 aliphatic heterocycles. The second kappa shape index (κ2) is 7.52. The number of fused-ring (bicyclic) bond motifs is 1. The summed E-state index contributed by atoms with van der Waals surface area (Å²) in [6.45, 7) is 2.21. The highest BCUT2D eigenvalue weighted by atomic mass is 19.1. The number of anilines is 1. The number of nitrogens with zero attached hydrogens (tertiary/aromatic N) is 2. The Kier molecular flexibility index (Phi) is 4.76. The average molecular weight is 375 g/mol. The number of hydrogen-bond donors (Lipinski definition) is 1. The van der Waals surface area contributed by atoms with E-state index in [1.165, 1.54) is 12.1 Å². The van der Waals surface area contributed by atoms with Gasteiger partial charge in [-0.15, -0.1) is 0 Å². The number of carbonyl (C=O) groups excluding carboxylic acids is 1. The number of aromatic nitrogens is 2. The Hall–Kier alpha value is -3.67. The zero-order valence-corrected chi connectivity index (χ0v) is 15.2. The van der Waals surface area contributed by atoms with Crippen LogP contribution in [0.5, 0.6) is 5.75 Å². The van der Waals surface area contributed by atoms with E-state index in [0.717, 1.165) is 16.9 Å². The van der Waals surface area contributed by atoms with Crippen molar-refractivity contribution in [2.75, 3.05) is 5.32 Å². The van der Waals surface area contributed by atoms with Crippen molar-refractivity contribution in [3.63, 3.8) is 0 Å². The second-order valence-electron chi connectivity index (χ2n) is 6.37. The van der Waals surface area contributed by atoms with Crippen LogP contribution in [0.2, 0.25) is 0 Å². The number of halogens is 1. The minimum absolute atomic E-state index is 0.123. The Morgan fingerprint density at radius 2 is 1.89 bits per heavy atom. The van der Waals surface area contributed by atoms with Gasteiger partial charge in [-0.25, -0.2) is 9.37 Å². The fourth-order valence-corrected chi connectivity index (χ4v) is 2.96. The van der Waals surface area contributed by atoms with Gasteiger partial charge in [0.2, 0.25) is 0 Å². The van der Waals surface area contributed by atoms with Gasteiger partial charge < -0.3 is 14.5 Å². The highest BCUT2D eigenvalue weighted by Crippen LogP contribution is 2.22. The maximum atomic E-state index is 13.8. The maximum absolute atomic E-state index is 13.8. The molecule has 0 aliphatic carbocycles. The number of ether oxygens (including phenoxy) is 1. The molecule has 0 atom stereocenters. The molecule has 0 spiro atoms. The van der Waals surface area contributed by atoms with Crippen molar-refractivity contribution < 1.29 is 13.9 Å². The van der Waals surface area contributed by atoms with Gasteiger partial charge in [0.05, 0.1) is 16.9 Å². The summed E-state index contributed by atoms with van der Waals surface area (Å²) in [7, 11) is 0. The summed E-state index contributed by atoms with van der Waals surface area (Å²) in [5, 5.41) is 2.58.